The molecule has 1 atom stereocenters. The van der Waals surface area contributed by atoms with E-state index >= 15 is 0 Å². The third kappa shape index (κ3) is 4.64. The molecule has 0 heterocycles. The van der Waals surface area contributed by atoms with Crippen molar-refractivity contribution >= 4 is 45.5 Å². The summed E-state index contributed by atoms with van der Waals surface area (Å²) in [4.78, 5) is 0. The van der Waals surface area contributed by atoms with Crippen molar-refractivity contribution in [3.05, 3.63) is 0 Å². The molecule has 1 unspecified atom stereocenters. The monoisotopic (exact) mass is 409 g/mol. The van der Waals surface area contributed by atoms with Crippen LogP contribution in [0, 0.1) is 10.8 Å². The minimum atomic E-state index is 0.386. The molecule has 1 nitrogen and oxygen atoms in total. The fourth-order valence-corrected chi connectivity index (χ4v) is 2.56. The molecule has 0 saturated carbocycles. The third-order valence-corrected chi connectivity index (χ3v) is 4.27. The van der Waals surface area contributed by atoms with Gasteiger partial charge in [0.15, 0.2) is 0 Å². The molecular formula is C10H21I2N. The van der Waals surface area contributed by atoms with Crippen LogP contribution in [0.5, 0.6) is 0 Å². The Morgan fingerprint density at radius 2 is 1.69 bits per heavy atom. The molecule has 0 amide bonds. The maximum absolute atomic E-state index is 3.29. The van der Waals surface area contributed by atoms with E-state index in [-0.39, 0.29) is 0 Å². The zero-order valence-electron chi connectivity index (χ0n) is 9.08. The molecule has 0 aromatic heterocycles. The Bertz CT molecular complexity index is 142. The van der Waals surface area contributed by atoms with Crippen LogP contribution in [-0.4, -0.2) is 11.0 Å². The van der Waals surface area contributed by atoms with Gasteiger partial charge in [-0.25, -0.2) is 0 Å². The highest BCUT2D eigenvalue weighted by atomic mass is 127. The van der Waals surface area contributed by atoms with Crippen molar-refractivity contribution in [2.75, 3.05) is 11.0 Å². The quantitative estimate of drug-likeness (QED) is 0.408. The smallest absolute Gasteiger partial charge is 0.0169 e. The Morgan fingerprint density at radius 1 is 1.15 bits per heavy atom. The number of halogens is 2. The van der Waals surface area contributed by atoms with E-state index in [0.717, 1.165) is 6.54 Å². The normalized spacial score (nSPS) is 17.1. The highest BCUT2D eigenvalue weighted by molar-refractivity contribution is 14.1. The summed E-state index contributed by atoms with van der Waals surface area (Å²) in [6, 6.07) is 0. The van der Waals surface area contributed by atoms with Gasteiger partial charge in [0.2, 0.25) is 0 Å². The molecular weight excluding hydrogens is 388 g/mol. The molecule has 0 fully saturated rings. The molecule has 0 aromatic rings. The van der Waals surface area contributed by atoms with Crippen LogP contribution in [0.15, 0.2) is 0 Å². The number of rotatable bonds is 5. The van der Waals surface area contributed by atoms with Gasteiger partial charge in [0.05, 0.1) is 0 Å². The first-order valence-electron chi connectivity index (χ1n) is 4.77. The first kappa shape index (κ1) is 14.4. The van der Waals surface area contributed by atoms with Gasteiger partial charge < -0.3 is 0 Å². The fraction of sp³-hybridized carbons (Fsp3) is 1.00. The standard InChI is InChI=1S/C10H21I2N/c1-9(2,3)10(4,8-13-12)6-5-7-11/h13H,5-8H2,1-4H3. The first-order chi connectivity index (χ1) is 5.87. The summed E-state index contributed by atoms with van der Waals surface area (Å²) < 4.78 is 4.56. The van der Waals surface area contributed by atoms with Gasteiger partial charge in [0, 0.05) is 29.4 Å². The number of nitrogens with one attached hydrogen (secondary N) is 1. The molecule has 0 aliphatic rings. The lowest BCUT2D eigenvalue weighted by Crippen LogP contribution is -2.39. The van der Waals surface area contributed by atoms with Crippen molar-refractivity contribution in [1.29, 1.82) is 0 Å². The average Bonchev–Trinajstić information content (AvgIpc) is 1.99. The van der Waals surface area contributed by atoms with Crippen molar-refractivity contribution < 1.29 is 0 Å². The Balaban J connectivity index is 4.34. The maximum Gasteiger partial charge on any atom is 0.0169 e. The van der Waals surface area contributed by atoms with Crippen LogP contribution < -0.4 is 3.53 Å². The van der Waals surface area contributed by atoms with Gasteiger partial charge in [-0.05, 0) is 28.1 Å². The molecule has 1 N–H and O–H groups in total. The number of hydrogen-bond acceptors (Lipinski definition) is 1. The zero-order chi connectivity index (χ0) is 10.5. The summed E-state index contributed by atoms with van der Waals surface area (Å²) in [6.45, 7) is 10.5. The van der Waals surface area contributed by atoms with E-state index in [0.29, 0.717) is 10.8 Å². The van der Waals surface area contributed by atoms with Gasteiger partial charge in [-0.15, -0.1) is 0 Å². The second kappa shape index (κ2) is 6.10. The minimum Gasteiger partial charge on any atom is -0.261 e. The lowest BCUT2D eigenvalue weighted by atomic mass is 9.65. The summed E-state index contributed by atoms with van der Waals surface area (Å²) in [5.41, 5.74) is 0.802. The fourth-order valence-electron chi connectivity index (χ4n) is 1.33. The molecule has 80 valence electrons. The van der Waals surface area contributed by atoms with Gasteiger partial charge in [0.1, 0.15) is 0 Å². The molecule has 3 heteroatoms. The number of hydrogen-bond donors (Lipinski definition) is 1. The Morgan fingerprint density at radius 3 is 2.00 bits per heavy atom. The molecule has 13 heavy (non-hydrogen) atoms. The number of alkyl halides is 1. The predicted molar refractivity (Wildman–Crippen MR) is 77.7 cm³/mol. The van der Waals surface area contributed by atoms with Crippen LogP contribution in [0.3, 0.4) is 0 Å². The lowest BCUT2D eigenvalue weighted by molar-refractivity contribution is 0.103. The van der Waals surface area contributed by atoms with E-state index in [1.54, 1.807) is 0 Å². The van der Waals surface area contributed by atoms with Gasteiger partial charge in [0.25, 0.3) is 0 Å². The van der Waals surface area contributed by atoms with Crippen molar-refractivity contribution in [2.45, 2.75) is 40.5 Å². The SMILES string of the molecule is CC(C)(C)C(C)(CCCI)CNI. The highest BCUT2D eigenvalue weighted by Crippen LogP contribution is 2.41. The van der Waals surface area contributed by atoms with Crippen molar-refractivity contribution in [3.63, 3.8) is 0 Å². The predicted octanol–water partition coefficient (Wildman–Crippen LogP) is 4.19. The molecule has 0 aliphatic carbocycles. The maximum atomic E-state index is 3.29. The zero-order valence-corrected chi connectivity index (χ0v) is 13.4. The second-order valence-electron chi connectivity index (χ2n) is 4.91. The molecule has 0 spiro atoms. The lowest BCUT2D eigenvalue weighted by Gasteiger charge is -2.42. The van der Waals surface area contributed by atoms with Crippen LogP contribution in [0.25, 0.3) is 0 Å². The summed E-state index contributed by atoms with van der Waals surface area (Å²) >= 11 is 4.71. The van der Waals surface area contributed by atoms with Crippen molar-refractivity contribution in [2.24, 2.45) is 10.8 Å². The first-order valence-corrected chi connectivity index (χ1v) is 7.37. The van der Waals surface area contributed by atoms with Crippen LogP contribution in [0.4, 0.5) is 0 Å². The average molecular weight is 409 g/mol. The van der Waals surface area contributed by atoms with Gasteiger partial charge >= 0.3 is 0 Å². The Labute approximate surface area is 110 Å². The van der Waals surface area contributed by atoms with E-state index < -0.39 is 0 Å². The topological polar surface area (TPSA) is 12.0 Å². The van der Waals surface area contributed by atoms with Crippen molar-refractivity contribution in [3.8, 4) is 0 Å². The molecule has 0 aromatic carbocycles. The van der Waals surface area contributed by atoms with Crippen LogP contribution in [0.1, 0.15) is 40.5 Å². The Kier molecular flexibility index (Phi) is 6.77. The van der Waals surface area contributed by atoms with Crippen molar-refractivity contribution in [1.82, 2.24) is 3.53 Å². The summed E-state index contributed by atoms with van der Waals surface area (Å²) in [6.07, 6.45) is 2.64. The second-order valence-corrected chi connectivity index (χ2v) is 6.76. The minimum absolute atomic E-state index is 0.386. The largest absolute Gasteiger partial charge is 0.261 e. The van der Waals surface area contributed by atoms with Gasteiger partial charge in [-0.3, -0.25) is 3.53 Å². The van der Waals surface area contributed by atoms with Gasteiger partial charge in [-0.2, -0.15) is 0 Å². The van der Waals surface area contributed by atoms with Crippen LogP contribution in [-0.2, 0) is 0 Å². The van der Waals surface area contributed by atoms with E-state index in [4.69, 9.17) is 0 Å². The summed E-state index contributed by atoms with van der Waals surface area (Å²) in [7, 11) is 0. The molecule has 0 radical (unpaired) electrons. The molecule has 0 bridgehead atoms. The van der Waals surface area contributed by atoms with E-state index in [9.17, 15) is 0 Å². The van der Waals surface area contributed by atoms with E-state index in [1.165, 1.54) is 17.3 Å². The molecule has 0 saturated heterocycles. The van der Waals surface area contributed by atoms with Crippen LogP contribution >= 0.6 is 45.5 Å². The Hall–Kier alpha value is 1.42. The molecule has 0 aliphatic heterocycles. The highest BCUT2D eigenvalue weighted by Gasteiger charge is 2.36. The summed E-state index contributed by atoms with van der Waals surface area (Å²) in [5.74, 6) is 0. The van der Waals surface area contributed by atoms with Gasteiger partial charge in [-0.1, -0.05) is 50.3 Å². The molecule has 0 rings (SSSR count). The summed E-state index contributed by atoms with van der Waals surface area (Å²) in [5, 5.41) is 0. The third-order valence-electron chi connectivity index (χ3n) is 3.13. The van der Waals surface area contributed by atoms with Crippen LogP contribution in [0.2, 0.25) is 0 Å². The van der Waals surface area contributed by atoms with E-state index in [1.807, 2.05) is 0 Å². The van der Waals surface area contributed by atoms with E-state index in [2.05, 4.69) is 76.7 Å².